The molecule has 0 unspecified atom stereocenters. The first-order chi connectivity index (χ1) is 18.5. The van der Waals surface area contributed by atoms with Gasteiger partial charge in [-0.25, -0.2) is 15.0 Å². The first-order valence-corrected chi connectivity index (χ1v) is 12.2. The van der Waals surface area contributed by atoms with Crippen LogP contribution in [0.25, 0.3) is 0 Å². The molecule has 1 N–H and O–H groups in total. The lowest BCUT2D eigenvalue weighted by molar-refractivity contribution is -0.123. The summed E-state index contributed by atoms with van der Waals surface area (Å²) >= 11 is 3.33. The van der Waals surface area contributed by atoms with Gasteiger partial charge in [0, 0.05) is 16.1 Å². The molecule has 8 nitrogen and oxygen atoms in total. The number of hydrazone groups is 1. The van der Waals surface area contributed by atoms with E-state index in [0.717, 1.165) is 4.47 Å². The minimum Gasteiger partial charge on any atom is -0.484 e. The molecule has 0 spiro atoms. The van der Waals surface area contributed by atoms with Gasteiger partial charge in [-0.2, -0.15) is 5.10 Å². The van der Waals surface area contributed by atoms with Crippen LogP contribution in [0.1, 0.15) is 26.3 Å². The lowest BCUT2D eigenvalue weighted by atomic mass is 10.2. The van der Waals surface area contributed by atoms with Gasteiger partial charge in [0.05, 0.1) is 17.3 Å². The van der Waals surface area contributed by atoms with Crippen LogP contribution in [0, 0.1) is 0 Å². The van der Waals surface area contributed by atoms with Crippen molar-refractivity contribution in [1.29, 1.82) is 0 Å². The Kier molecular flexibility index (Phi) is 8.98. The lowest BCUT2D eigenvalue weighted by Gasteiger charge is -2.10. The summed E-state index contributed by atoms with van der Waals surface area (Å²) in [4.78, 5) is 37.3. The highest BCUT2D eigenvalue weighted by Gasteiger charge is 2.15. The van der Waals surface area contributed by atoms with E-state index in [1.165, 1.54) is 18.3 Å². The molecule has 0 atom stereocenters. The van der Waals surface area contributed by atoms with E-state index in [9.17, 15) is 14.4 Å². The van der Waals surface area contributed by atoms with E-state index in [2.05, 4.69) is 26.5 Å². The highest BCUT2D eigenvalue weighted by molar-refractivity contribution is 9.10. The fourth-order valence-corrected chi connectivity index (χ4v) is 3.40. The second-order valence-electron chi connectivity index (χ2n) is 7.75. The van der Waals surface area contributed by atoms with Crippen LogP contribution >= 0.6 is 15.9 Å². The Morgan fingerprint density at radius 1 is 0.737 bits per heavy atom. The minimum atomic E-state index is -0.612. The number of nitrogens with one attached hydrogen (secondary N) is 1. The lowest BCUT2D eigenvalue weighted by Crippen LogP contribution is -2.24. The Hall–Kier alpha value is -4.76. The summed E-state index contributed by atoms with van der Waals surface area (Å²) in [6.07, 6.45) is 1.31. The average molecular weight is 573 g/mol. The van der Waals surface area contributed by atoms with Crippen molar-refractivity contribution in [3.63, 3.8) is 0 Å². The first kappa shape index (κ1) is 26.3. The van der Waals surface area contributed by atoms with Crippen LogP contribution in [-0.2, 0) is 4.79 Å². The number of esters is 2. The van der Waals surface area contributed by atoms with Gasteiger partial charge < -0.3 is 14.2 Å². The molecule has 0 aliphatic rings. The Labute approximate surface area is 227 Å². The van der Waals surface area contributed by atoms with Gasteiger partial charge in [-0.15, -0.1) is 0 Å². The van der Waals surface area contributed by atoms with Crippen molar-refractivity contribution in [3.8, 4) is 17.2 Å². The van der Waals surface area contributed by atoms with Gasteiger partial charge in [0.15, 0.2) is 6.61 Å². The number of nitrogens with zero attached hydrogens (tertiary/aromatic N) is 1. The van der Waals surface area contributed by atoms with Gasteiger partial charge in [0.2, 0.25) is 0 Å². The molecule has 0 saturated carbocycles. The van der Waals surface area contributed by atoms with Crippen LogP contribution < -0.4 is 19.6 Å². The highest BCUT2D eigenvalue weighted by atomic mass is 79.9. The molecule has 0 saturated heterocycles. The number of hydrogen-bond acceptors (Lipinski definition) is 7. The van der Waals surface area contributed by atoms with Crippen LogP contribution in [0.5, 0.6) is 17.2 Å². The predicted octanol–water partition coefficient (Wildman–Crippen LogP) is 5.42. The maximum Gasteiger partial charge on any atom is 0.343 e. The average Bonchev–Trinajstić information content (AvgIpc) is 2.94. The molecular weight excluding hydrogens is 552 g/mol. The third kappa shape index (κ3) is 7.62. The quantitative estimate of drug-likeness (QED) is 0.124. The van der Waals surface area contributed by atoms with Crippen molar-refractivity contribution in [2.24, 2.45) is 5.10 Å². The van der Waals surface area contributed by atoms with Crippen LogP contribution in [0.4, 0.5) is 0 Å². The highest BCUT2D eigenvalue weighted by Crippen LogP contribution is 2.26. The normalized spacial score (nSPS) is 10.6. The largest absolute Gasteiger partial charge is 0.484 e. The number of benzene rings is 4. The number of rotatable bonds is 9. The molecule has 4 aromatic carbocycles. The van der Waals surface area contributed by atoms with E-state index >= 15 is 0 Å². The van der Waals surface area contributed by atoms with E-state index in [1.54, 1.807) is 91.0 Å². The summed E-state index contributed by atoms with van der Waals surface area (Å²) in [6.45, 7) is -0.247. The van der Waals surface area contributed by atoms with E-state index in [4.69, 9.17) is 14.2 Å². The standard InChI is InChI=1S/C29H21BrN2O6/c30-23-12-15-24(16-13-23)36-19-27(33)32-31-18-22-11-14-25(37-28(34)20-7-3-1-4-8-20)17-26(22)38-29(35)21-9-5-2-6-10-21/h1-18H,19H2,(H,32,33). The molecule has 9 heteroatoms. The van der Waals surface area contributed by atoms with Gasteiger partial charge in [0.25, 0.3) is 5.91 Å². The molecular formula is C29H21BrN2O6. The van der Waals surface area contributed by atoms with Crippen LogP contribution in [-0.4, -0.2) is 30.7 Å². The van der Waals surface area contributed by atoms with E-state index in [0.29, 0.717) is 22.4 Å². The Bertz CT molecular complexity index is 1440. The molecule has 0 aromatic heterocycles. The topological polar surface area (TPSA) is 103 Å². The number of carbonyl (C=O) groups excluding carboxylic acids is 3. The SMILES string of the molecule is O=C(COc1ccc(Br)cc1)NN=Cc1ccc(OC(=O)c2ccccc2)cc1OC(=O)c1ccccc1. The van der Waals surface area contributed by atoms with Gasteiger partial charge in [-0.05, 0) is 60.7 Å². The van der Waals surface area contributed by atoms with Gasteiger partial charge in [-0.1, -0.05) is 52.3 Å². The molecule has 1 amide bonds. The van der Waals surface area contributed by atoms with E-state index < -0.39 is 17.8 Å². The molecule has 0 aliphatic heterocycles. The number of halogens is 1. The minimum absolute atomic E-state index is 0.0846. The van der Waals surface area contributed by atoms with Gasteiger partial charge in [-0.3, -0.25) is 4.79 Å². The molecule has 4 aromatic rings. The molecule has 38 heavy (non-hydrogen) atoms. The molecule has 0 fully saturated rings. The molecule has 0 radical (unpaired) electrons. The maximum atomic E-state index is 12.7. The fraction of sp³-hybridized carbons (Fsp3) is 0.0345. The first-order valence-electron chi connectivity index (χ1n) is 11.4. The molecule has 0 aliphatic carbocycles. The van der Waals surface area contributed by atoms with Crippen LogP contribution in [0.3, 0.4) is 0 Å². The number of amides is 1. The van der Waals surface area contributed by atoms with Crippen molar-refractivity contribution < 1.29 is 28.6 Å². The van der Waals surface area contributed by atoms with Crippen molar-refractivity contribution >= 4 is 40.0 Å². The Balaban J connectivity index is 1.46. The van der Waals surface area contributed by atoms with Crippen molar-refractivity contribution in [2.75, 3.05) is 6.61 Å². The molecule has 190 valence electrons. The Morgan fingerprint density at radius 2 is 1.32 bits per heavy atom. The Morgan fingerprint density at radius 3 is 1.95 bits per heavy atom. The summed E-state index contributed by atoms with van der Waals surface area (Å²) in [5.74, 6) is -0.882. The van der Waals surface area contributed by atoms with Gasteiger partial charge >= 0.3 is 11.9 Å². The fourth-order valence-electron chi connectivity index (χ4n) is 3.13. The third-order valence-electron chi connectivity index (χ3n) is 4.99. The van der Waals surface area contributed by atoms with Crippen LogP contribution in [0.2, 0.25) is 0 Å². The van der Waals surface area contributed by atoms with E-state index in [-0.39, 0.29) is 18.1 Å². The number of hydrogen-bond donors (Lipinski definition) is 1. The second kappa shape index (κ2) is 13.0. The summed E-state index contributed by atoms with van der Waals surface area (Å²) < 4.78 is 17.3. The summed E-state index contributed by atoms with van der Waals surface area (Å²) in [5.41, 5.74) is 3.43. The number of carbonyl (C=O) groups is 3. The molecule has 4 rings (SSSR count). The maximum absolute atomic E-state index is 12.7. The third-order valence-corrected chi connectivity index (χ3v) is 5.52. The van der Waals surface area contributed by atoms with Crippen LogP contribution in [0.15, 0.2) is 113 Å². The monoisotopic (exact) mass is 572 g/mol. The second-order valence-corrected chi connectivity index (χ2v) is 8.66. The van der Waals surface area contributed by atoms with Crippen molar-refractivity contribution in [1.82, 2.24) is 5.43 Å². The molecule has 0 heterocycles. The zero-order valence-corrected chi connectivity index (χ0v) is 21.5. The van der Waals surface area contributed by atoms with E-state index in [1.807, 2.05) is 0 Å². The summed E-state index contributed by atoms with van der Waals surface area (Å²) in [7, 11) is 0. The predicted molar refractivity (Wildman–Crippen MR) is 145 cm³/mol. The molecule has 0 bridgehead atoms. The smallest absolute Gasteiger partial charge is 0.343 e. The number of ether oxygens (including phenoxy) is 3. The van der Waals surface area contributed by atoms with Gasteiger partial charge in [0.1, 0.15) is 17.2 Å². The summed E-state index contributed by atoms with van der Waals surface area (Å²) in [5, 5.41) is 3.94. The zero-order chi connectivity index (χ0) is 26.7. The zero-order valence-electron chi connectivity index (χ0n) is 19.9. The van der Waals surface area contributed by atoms with Crippen molar-refractivity contribution in [2.45, 2.75) is 0 Å². The summed E-state index contributed by atoms with van der Waals surface area (Å²) in [6, 6.07) is 28.4. The van der Waals surface area contributed by atoms with Crippen molar-refractivity contribution in [3.05, 3.63) is 124 Å².